The van der Waals surface area contributed by atoms with Crippen LogP contribution in [-0.2, 0) is 21.2 Å². The van der Waals surface area contributed by atoms with E-state index in [1.54, 1.807) is 17.0 Å². The van der Waals surface area contributed by atoms with Crippen LogP contribution < -0.4 is 4.72 Å². The van der Waals surface area contributed by atoms with E-state index in [1.165, 1.54) is 12.1 Å². The summed E-state index contributed by atoms with van der Waals surface area (Å²) in [5, 5.41) is 0. The van der Waals surface area contributed by atoms with Crippen molar-refractivity contribution in [2.45, 2.75) is 38.8 Å². The normalized spacial score (nSPS) is 19.5. The maximum absolute atomic E-state index is 13.6. The number of nitrogens with one attached hydrogen (secondary N) is 1. The maximum atomic E-state index is 13.6. The van der Waals surface area contributed by atoms with Gasteiger partial charge in [0, 0.05) is 24.6 Å². The van der Waals surface area contributed by atoms with Crippen molar-refractivity contribution in [1.82, 2.24) is 9.62 Å². The van der Waals surface area contributed by atoms with Gasteiger partial charge in [-0.15, -0.1) is 0 Å². The third-order valence-electron chi connectivity index (χ3n) is 5.26. The molecule has 0 saturated carbocycles. The van der Waals surface area contributed by atoms with E-state index in [0.717, 1.165) is 17.9 Å². The van der Waals surface area contributed by atoms with Gasteiger partial charge in [-0.2, -0.15) is 0 Å². The lowest BCUT2D eigenvalue weighted by Gasteiger charge is -2.30. The highest BCUT2D eigenvalue weighted by atomic mass is 32.2. The van der Waals surface area contributed by atoms with Crippen LogP contribution in [0.2, 0.25) is 0 Å². The largest absolute Gasteiger partial charge is 0.337 e. The Morgan fingerprint density at radius 1 is 1.13 bits per heavy atom. The number of rotatable bonds is 6. The van der Waals surface area contributed by atoms with E-state index in [9.17, 15) is 22.0 Å². The second kappa shape index (κ2) is 8.81. The molecular weight excluding hydrogens is 410 g/mol. The minimum Gasteiger partial charge on any atom is -0.337 e. The maximum Gasteiger partial charge on any atom is 0.225 e. The van der Waals surface area contributed by atoms with E-state index < -0.39 is 27.7 Å². The van der Waals surface area contributed by atoms with Gasteiger partial charge in [-0.05, 0) is 41.7 Å². The minimum atomic E-state index is -3.43. The summed E-state index contributed by atoms with van der Waals surface area (Å²) in [7, 11) is -3.43. The van der Waals surface area contributed by atoms with Gasteiger partial charge in [0.2, 0.25) is 15.9 Å². The number of nitrogens with zero attached hydrogens (tertiary/aromatic N) is 1. The SMILES string of the molecule is CC(C)C(=O)N1CCC(NS(C)(=O)=O)C1Cc1cccc(-c2cc(F)cc(F)c2)c1. The number of amides is 1. The predicted octanol–water partition coefficient (Wildman–Crippen LogP) is 3.35. The first-order valence-electron chi connectivity index (χ1n) is 9.86. The Hall–Kier alpha value is -2.32. The molecule has 0 bridgehead atoms. The average Bonchev–Trinajstić information content (AvgIpc) is 3.01. The molecule has 1 heterocycles. The van der Waals surface area contributed by atoms with E-state index >= 15 is 0 Å². The van der Waals surface area contributed by atoms with Crippen molar-refractivity contribution in [3.8, 4) is 11.1 Å². The molecule has 3 rings (SSSR count). The number of hydrogen-bond acceptors (Lipinski definition) is 3. The van der Waals surface area contributed by atoms with Gasteiger partial charge in [0.25, 0.3) is 0 Å². The number of likely N-dealkylation sites (tertiary alicyclic amines) is 1. The van der Waals surface area contributed by atoms with Crippen molar-refractivity contribution in [1.29, 1.82) is 0 Å². The Labute approximate surface area is 176 Å². The molecule has 30 heavy (non-hydrogen) atoms. The molecule has 1 aliphatic heterocycles. The fourth-order valence-corrected chi connectivity index (χ4v) is 4.79. The van der Waals surface area contributed by atoms with Crippen LogP contribution in [0, 0.1) is 17.6 Å². The van der Waals surface area contributed by atoms with Crippen molar-refractivity contribution >= 4 is 15.9 Å². The zero-order valence-corrected chi connectivity index (χ0v) is 18.0. The lowest BCUT2D eigenvalue weighted by Crippen LogP contribution is -2.48. The van der Waals surface area contributed by atoms with Crippen molar-refractivity contribution < 1.29 is 22.0 Å². The predicted molar refractivity (Wildman–Crippen MR) is 112 cm³/mol. The molecule has 162 valence electrons. The molecule has 8 heteroatoms. The van der Waals surface area contributed by atoms with Crippen molar-refractivity contribution in [3.63, 3.8) is 0 Å². The minimum absolute atomic E-state index is 0.0267. The number of hydrogen-bond donors (Lipinski definition) is 1. The molecule has 0 spiro atoms. The van der Waals surface area contributed by atoms with Gasteiger partial charge in [-0.3, -0.25) is 4.79 Å². The van der Waals surface area contributed by atoms with E-state index in [-0.39, 0.29) is 17.9 Å². The number of sulfonamides is 1. The summed E-state index contributed by atoms with van der Waals surface area (Å²) < 4.78 is 53.5. The van der Waals surface area contributed by atoms with Gasteiger partial charge in [0.1, 0.15) is 11.6 Å². The van der Waals surface area contributed by atoms with Crippen LogP contribution in [0.1, 0.15) is 25.8 Å². The van der Waals surface area contributed by atoms with Crippen molar-refractivity contribution in [2.24, 2.45) is 5.92 Å². The van der Waals surface area contributed by atoms with Crippen LogP contribution in [0.5, 0.6) is 0 Å². The smallest absolute Gasteiger partial charge is 0.225 e. The summed E-state index contributed by atoms with van der Waals surface area (Å²) in [5.41, 5.74) is 1.92. The molecule has 0 aromatic heterocycles. The molecule has 5 nitrogen and oxygen atoms in total. The van der Waals surface area contributed by atoms with Crippen molar-refractivity contribution in [2.75, 3.05) is 12.8 Å². The highest BCUT2D eigenvalue weighted by Gasteiger charge is 2.38. The second-order valence-electron chi connectivity index (χ2n) is 8.10. The van der Waals surface area contributed by atoms with Crippen LogP contribution in [0.4, 0.5) is 8.78 Å². The second-order valence-corrected chi connectivity index (χ2v) is 9.88. The lowest BCUT2D eigenvalue weighted by molar-refractivity contribution is -0.135. The summed E-state index contributed by atoms with van der Waals surface area (Å²) in [6, 6.07) is 9.86. The summed E-state index contributed by atoms with van der Waals surface area (Å²) >= 11 is 0. The summed E-state index contributed by atoms with van der Waals surface area (Å²) in [5.74, 6) is -1.54. The quantitative estimate of drug-likeness (QED) is 0.755. The first-order chi connectivity index (χ1) is 14.0. The summed E-state index contributed by atoms with van der Waals surface area (Å²) in [6.45, 7) is 4.11. The van der Waals surface area contributed by atoms with E-state index in [1.807, 2.05) is 26.0 Å². The average molecular weight is 437 g/mol. The van der Waals surface area contributed by atoms with Crippen LogP contribution in [-0.4, -0.2) is 44.1 Å². The Kier molecular flexibility index (Phi) is 6.57. The fraction of sp³-hybridized carbons (Fsp3) is 0.409. The molecule has 1 fully saturated rings. The third kappa shape index (κ3) is 5.43. The monoisotopic (exact) mass is 436 g/mol. The summed E-state index contributed by atoms with van der Waals surface area (Å²) in [6.07, 6.45) is 2.07. The number of carbonyl (C=O) groups is 1. The first kappa shape index (κ1) is 22.4. The van der Waals surface area contributed by atoms with Gasteiger partial charge in [-0.1, -0.05) is 38.1 Å². The number of carbonyl (C=O) groups excluding carboxylic acids is 1. The molecule has 1 aliphatic rings. The van der Waals surface area contributed by atoms with E-state index in [2.05, 4.69) is 4.72 Å². The summed E-state index contributed by atoms with van der Waals surface area (Å²) in [4.78, 5) is 14.4. The van der Waals surface area contributed by atoms with Gasteiger partial charge in [0.05, 0.1) is 12.3 Å². The third-order valence-corrected chi connectivity index (χ3v) is 5.99. The van der Waals surface area contributed by atoms with Crippen LogP contribution in [0.25, 0.3) is 11.1 Å². The Balaban J connectivity index is 1.91. The molecule has 1 N–H and O–H groups in total. The van der Waals surface area contributed by atoms with Gasteiger partial charge in [-0.25, -0.2) is 21.9 Å². The molecule has 0 radical (unpaired) electrons. The number of halogens is 2. The van der Waals surface area contributed by atoms with Gasteiger partial charge >= 0.3 is 0 Å². The molecule has 2 aromatic carbocycles. The molecule has 2 aromatic rings. The fourth-order valence-electron chi connectivity index (χ4n) is 3.96. The Morgan fingerprint density at radius 2 is 1.80 bits per heavy atom. The molecule has 1 saturated heterocycles. The van der Waals surface area contributed by atoms with E-state index in [0.29, 0.717) is 30.5 Å². The van der Waals surface area contributed by atoms with Crippen LogP contribution in [0.15, 0.2) is 42.5 Å². The highest BCUT2D eigenvalue weighted by molar-refractivity contribution is 7.88. The zero-order valence-electron chi connectivity index (χ0n) is 17.2. The van der Waals surface area contributed by atoms with Gasteiger partial charge in [0.15, 0.2) is 0 Å². The Morgan fingerprint density at radius 3 is 2.40 bits per heavy atom. The van der Waals surface area contributed by atoms with Crippen LogP contribution in [0.3, 0.4) is 0 Å². The van der Waals surface area contributed by atoms with Gasteiger partial charge < -0.3 is 4.90 Å². The zero-order chi connectivity index (χ0) is 22.1. The van der Waals surface area contributed by atoms with Crippen LogP contribution >= 0.6 is 0 Å². The molecule has 0 aliphatic carbocycles. The topological polar surface area (TPSA) is 66.5 Å². The first-order valence-corrected chi connectivity index (χ1v) is 11.8. The lowest BCUT2D eigenvalue weighted by atomic mass is 9.96. The standard InChI is InChI=1S/C22H26F2N2O3S/c1-14(2)22(27)26-8-7-20(25-30(3,28)29)21(26)10-15-5-4-6-16(9-15)17-11-18(23)13-19(24)12-17/h4-6,9,11-14,20-21,25H,7-8,10H2,1-3H3. The molecule has 2 atom stereocenters. The molecule has 1 amide bonds. The highest BCUT2D eigenvalue weighted by Crippen LogP contribution is 2.27. The number of benzene rings is 2. The molecule has 2 unspecified atom stereocenters. The Bertz CT molecular complexity index is 1020. The van der Waals surface area contributed by atoms with Crippen molar-refractivity contribution in [3.05, 3.63) is 59.7 Å². The molecular formula is C22H26F2N2O3S. The van der Waals surface area contributed by atoms with E-state index in [4.69, 9.17) is 0 Å².